The normalized spacial score (nSPS) is 13.1. The van der Waals surface area contributed by atoms with E-state index in [1.54, 1.807) is 16.8 Å². The van der Waals surface area contributed by atoms with Crippen LogP contribution in [0.25, 0.3) is 5.76 Å². The van der Waals surface area contributed by atoms with Gasteiger partial charge < -0.3 is 14.6 Å². The zero-order valence-electron chi connectivity index (χ0n) is 15.7. The summed E-state index contributed by atoms with van der Waals surface area (Å²) < 4.78 is 7.26. The second kappa shape index (κ2) is 9.21. The molecule has 1 N–H and O–H groups in total. The molecule has 1 amide bonds. The van der Waals surface area contributed by atoms with Gasteiger partial charge in [0, 0.05) is 31.3 Å². The minimum Gasteiger partial charge on any atom is -0.493 e. The first-order chi connectivity index (χ1) is 13.2. The lowest BCUT2D eigenvalue weighted by Gasteiger charge is -2.13. The average Bonchev–Trinajstić information content (AvgIpc) is 3.23. The van der Waals surface area contributed by atoms with E-state index in [0.717, 1.165) is 42.6 Å². The molecular formula is C22H26N2O3. The molecule has 0 saturated carbocycles. The molecule has 0 unspecified atom stereocenters. The Morgan fingerprint density at radius 3 is 2.78 bits per heavy atom. The van der Waals surface area contributed by atoms with Crippen LogP contribution in [0.4, 0.5) is 0 Å². The van der Waals surface area contributed by atoms with E-state index in [9.17, 15) is 9.59 Å². The van der Waals surface area contributed by atoms with Gasteiger partial charge in [-0.25, -0.2) is 0 Å². The van der Waals surface area contributed by atoms with Crippen LogP contribution in [0.1, 0.15) is 47.7 Å². The maximum Gasteiger partial charge on any atom is 0.263 e. The van der Waals surface area contributed by atoms with Crippen molar-refractivity contribution in [3.8, 4) is 0 Å². The van der Waals surface area contributed by atoms with Gasteiger partial charge >= 0.3 is 0 Å². The Bertz CT molecular complexity index is 869. The van der Waals surface area contributed by atoms with Gasteiger partial charge in [-0.05, 0) is 30.5 Å². The molecule has 1 aliphatic heterocycles. The number of amides is 1. The summed E-state index contributed by atoms with van der Waals surface area (Å²) in [4.78, 5) is 25.4. The van der Waals surface area contributed by atoms with Crippen LogP contribution < -0.4 is 10.9 Å². The number of nitrogens with zero attached hydrogens (tertiary/aromatic N) is 1. The number of rotatable bonds is 8. The van der Waals surface area contributed by atoms with Crippen molar-refractivity contribution in [3.63, 3.8) is 0 Å². The summed E-state index contributed by atoms with van der Waals surface area (Å²) in [6.45, 7) is 3.80. The smallest absolute Gasteiger partial charge is 0.263 e. The number of aromatic nitrogens is 1. The number of nitrogens with one attached hydrogen (secondary N) is 1. The summed E-state index contributed by atoms with van der Waals surface area (Å²) in [5, 5.41) is 2.88. The van der Waals surface area contributed by atoms with E-state index in [-0.39, 0.29) is 17.0 Å². The van der Waals surface area contributed by atoms with Gasteiger partial charge in [0.2, 0.25) is 0 Å². The Hall–Kier alpha value is -2.82. The van der Waals surface area contributed by atoms with Crippen molar-refractivity contribution in [1.29, 1.82) is 0 Å². The molecule has 0 atom stereocenters. The lowest BCUT2D eigenvalue weighted by Crippen LogP contribution is -2.34. The Kier molecular flexibility index (Phi) is 6.47. The predicted molar refractivity (Wildman–Crippen MR) is 107 cm³/mol. The van der Waals surface area contributed by atoms with E-state index in [2.05, 4.69) is 12.2 Å². The Balaban J connectivity index is 1.78. The van der Waals surface area contributed by atoms with Crippen LogP contribution in [0, 0.1) is 0 Å². The van der Waals surface area contributed by atoms with E-state index in [1.165, 1.54) is 0 Å². The SMILES string of the molecule is CCCCn1cc(C2=CCCO2)cc(C(=O)NCCc2ccccc2)c1=O. The highest BCUT2D eigenvalue weighted by Crippen LogP contribution is 2.21. The minimum absolute atomic E-state index is 0.174. The second-order valence-electron chi connectivity index (χ2n) is 6.69. The van der Waals surface area contributed by atoms with Crippen LogP contribution in [0.15, 0.2) is 53.5 Å². The van der Waals surface area contributed by atoms with E-state index in [0.29, 0.717) is 19.7 Å². The van der Waals surface area contributed by atoms with E-state index in [4.69, 9.17) is 4.74 Å². The van der Waals surface area contributed by atoms with Crippen molar-refractivity contribution >= 4 is 11.7 Å². The molecule has 2 aromatic rings. The highest BCUT2D eigenvalue weighted by atomic mass is 16.5. The second-order valence-corrected chi connectivity index (χ2v) is 6.69. The molecule has 1 aromatic heterocycles. The van der Waals surface area contributed by atoms with Gasteiger partial charge in [0.05, 0.1) is 6.61 Å². The molecule has 5 heteroatoms. The number of carbonyl (C=O) groups excluding carboxylic acids is 1. The van der Waals surface area contributed by atoms with Crippen LogP contribution >= 0.6 is 0 Å². The number of benzene rings is 1. The molecule has 27 heavy (non-hydrogen) atoms. The summed E-state index contributed by atoms with van der Waals surface area (Å²) in [6, 6.07) is 11.6. The summed E-state index contributed by atoms with van der Waals surface area (Å²) >= 11 is 0. The van der Waals surface area contributed by atoms with Crippen molar-refractivity contribution in [1.82, 2.24) is 9.88 Å². The van der Waals surface area contributed by atoms with Gasteiger partial charge in [0.15, 0.2) is 0 Å². The zero-order chi connectivity index (χ0) is 19.1. The summed E-state index contributed by atoms with van der Waals surface area (Å²) in [5.41, 5.74) is 1.86. The molecule has 142 valence electrons. The topological polar surface area (TPSA) is 60.3 Å². The number of unbranched alkanes of at least 4 members (excludes halogenated alkanes) is 1. The molecule has 1 aliphatic rings. The minimum atomic E-state index is -0.332. The number of aryl methyl sites for hydroxylation is 1. The van der Waals surface area contributed by atoms with Gasteiger partial charge in [-0.2, -0.15) is 0 Å². The number of ether oxygens (including phenoxy) is 1. The van der Waals surface area contributed by atoms with E-state index < -0.39 is 0 Å². The molecule has 0 fully saturated rings. The third-order valence-electron chi connectivity index (χ3n) is 4.61. The first kappa shape index (κ1) is 19.0. The molecule has 5 nitrogen and oxygen atoms in total. The largest absolute Gasteiger partial charge is 0.493 e. The van der Waals surface area contributed by atoms with Gasteiger partial charge in [0.1, 0.15) is 11.3 Å². The molecule has 2 heterocycles. The third kappa shape index (κ3) is 4.88. The van der Waals surface area contributed by atoms with Crippen molar-refractivity contribution in [2.75, 3.05) is 13.2 Å². The van der Waals surface area contributed by atoms with Crippen molar-refractivity contribution in [2.24, 2.45) is 0 Å². The summed E-state index contributed by atoms with van der Waals surface area (Å²) in [7, 11) is 0. The fourth-order valence-electron chi connectivity index (χ4n) is 3.11. The predicted octanol–water partition coefficient (Wildman–Crippen LogP) is 3.38. The molecule has 0 aliphatic carbocycles. The van der Waals surface area contributed by atoms with Crippen LogP contribution in [0.2, 0.25) is 0 Å². The number of pyridine rings is 1. The first-order valence-electron chi connectivity index (χ1n) is 9.59. The maximum atomic E-state index is 12.8. The highest BCUT2D eigenvalue weighted by Gasteiger charge is 2.17. The number of hydrogen-bond donors (Lipinski definition) is 1. The summed E-state index contributed by atoms with van der Waals surface area (Å²) in [6.07, 6.45) is 7.25. The third-order valence-corrected chi connectivity index (χ3v) is 4.61. The molecule has 0 saturated heterocycles. The van der Waals surface area contributed by atoms with E-state index in [1.807, 2.05) is 36.4 Å². The molecule has 0 radical (unpaired) electrons. The highest BCUT2D eigenvalue weighted by molar-refractivity contribution is 5.94. The first-order valence-corrected chi connectivity index (χ1v) is 9.59. The van der Waals surface area contributed by atoms with Crippen molar-refractivity contribution in [2.45, 2.75) is 39.2 Å². The van der Waals surface area contributed by atoms with Gasteiger partial charge in [0.25, 0.3) is 11.5 Å². The van der Waals surface area contributed by atoms with Crippen molar-refractivity contribution in [3.05, 3.63) is 75.7 Å². The lowest BCUT2D eigenvalue weighted by atomic mass is 10.1. The molecule has 1 aromatic carbocycles. The van der Waals surface area contributed by atoms with Gasteiger partial charge in [-0.1, -0.05) is 43.7 Å². The Morgan fingerprint density at radius 1 is 1.26 bits per heavy atom. The van der Waals surface area contributed by atoms with Crippen LogP contribution in [0.5, 0.6) is 0 Å². The quantitative estimate of drug-likeness (QED) is 0.779. The zero-order valence-corrected chi connectivity index (χ0v) is 15.7. The molecule has 0 bridgehead atoms. The fourth-order valence-corrected chi connectivity index (χ4v) is 3.11. The van der Waals surface area contributed by atoms with Crippen LogP contribution in [-0.4, -0.2) is 23.6 Å². The van der Waals surface area contributed by atoms with Gasteiger partial charge in [-0.3, -0.25) is 9.59 Å². The van der Waals surface area contributed by atoms with Gasteiger partial charge in [-0.15, -0.1) is 0 Å². The van der Waals surface area contributed by atoms with Crippen LogP contribution in [-0.2, 0) is 17.7 Å². The molecular weight excluding hydrogens is 340 g/mol. The number of hydrogen-bond acceptors (Lipinski definition) is 3. The molecule has 0 spiro atoms. The monoisotopic (exact) mass is 366 g/mol. The maximum absolute atomic E-state index is 12.8. The fraction of sp³-hybridized carbons (Fsp3) is 0.364. The standard InChI is InChI=1S/C22H26N2O3/c1-2-3-13-24-16-18(20-10-7-14-27-20)15-19(22(24)26)21(25)23-12-11-17-8-5-4-6-9-17/h4-6,8-10,15-16H,2-3,7,11-14H2,1H3,(H,23,25). The Morgan fingerprint density at radius 2 is 2.07 bits per heavy atom. The van der Waals surface area contributed by atoms with Crippen molar-refractivity contribution < 1.29 is 9.53 Å². The molecule has 3 rings (SSSR count). The lowest BCUT2D eigenvalue weighted by molar-refractivity contribution is 0.0952. The van der Waals surface area contributed by atoms with E-state index >= 15 is 0 Å². The van der Waals surface area contributed by atoms with Crippen LogP contribution in [0.3, 0.4) is 0 Å². The Labute approximate surface area is 159 Å². The summed E-state index contributed by atoms with van der Waals surface area (Å²) in [5.74, 6) is 0.417. The average molecular weight is 366 g/mol. The number of carbonyl (C=O) groups is 1.